The predicted octanol–water partition coefficient (Wildman–Crippen LogP) is 11.2. The van der Waals surface area contributed by atoms with Crippen molar-refractivity contribution in [2.45, 2.75) is 130 Å². The van der Waals surface area contributed by atoms with E-state index in [4.69, 9.17) is 32.7 Å². The van der Waals surface area contributed by atoms with E-state index in [1.807, 2.05) is 18.2 Å². The van der Waals surface area contributed by atoms with Gasteiger partial charge in [-0.15, -0.1) is 0 Å². The second-order valence-corrected chi connectivity index (χ2v) is 12.5. The van der Waals surface area contributed by atoms with Gasteiger partial charge in [0, 0.05) is 24.0 Å². The molecule has 0 saturated carbocycles. The summed E-state index contributed by atoms with van der Waals surface area (Å²) in [6.45, 7) is 6.93. The Hall–Kier alpha value is -1.71. The number of fused-ring (bicyclic) bond motifs is 1. The average Bonchev–Trinajstić information content (AvgIpc) is 2.98. The lowest BCUT2D eigenvalue weighted by molar-refractivity contribution is -0.545. The van der Waals surface area contributed by atoms with Crippen molar-refractivity contribution in [3.05, 3.63) is 57.1 Å². The molecule has 41 heavy (non-hydrogen) atoms. The summed E-state index contributed by atoms with van der Waals surface area (Å²) in [4.78, 5) is 0. The fourth-order valence-electron chi connectivity index (χ4n) is 6.00. The van der Waals surface area contributed by atoms with E-state index in [0.717, 1.165) is 66.1 Å². The number of nitrogens with zero attached hydrogens (tertiary/aromatic N) is 1. The zero-order valence-electron chi connectivity index (χ0n) is 26.0. The topological polar surface area (TPSA) is 21.5 Å². The van der Waals surface area contributed by atoms with Crippen LogP contribution in [0.1, 0.15) is 133 Å². The molecule has 1 aliphatic rings. The van der Waals surface area contributed by atoms with Gasteiger partial charge in [-0.1, -0.05) is 127 Å². The van der Waals surface area contributed by atoms with Crippen LogP contribution >= 0.6 is 23.2 Å². The molecule has 0 spiro atoms. The van der Waals surface area contributed by atoms with Gasteiger partial charge < -0.3 is 9.47 Å². The molecule has 0 atom stereocenters. The quantitative estimate of drug-likeness (QED) is 0.105. The van der Waals surface area contributed by atoms with Crippen LogP contribution in [0, 0.1) is 0 Å². The van der Waals surface area contributed by atoms with Crippen molar-refractivity contribution in [1.29, 1.82) is 0 Å². The van der Waals surface area contributed by atoms with Crippen molar-refractivity contribution in [1.82, 2.24) is 0 Å². The maximum absolute atomic E-state index is 6.62. The molecule has 228 valence electrons. The fraction of sp³-hybridized carbons (Fsp3) is 0.639. The van der Waals surface area contributed by atoms with Gasteiger partial charge in [0.2, 0.25) is 0 Å². The molecule has 0 saturated heterocycles. The van der Waals surface area contributed by atoms with Gasteiger partial charge in [-0.2, -0.15) is 0 Å². The summed E-state index contributed by atoms with van der Waals surface area (Å²) >= 11 is 13.2. The largest absolute Gasteiger partial charge is 0.493 e. The molecule has 0 N–H and O–H groups in total. The summed E-state index contributed by atoms with van der Waals surface area (Å²) < 4.78 is 14.8. The maximum atomic E-state index is 6.62. The first-order valence-corrected chi connectivity index (χ1v) is 17.2. The lowest BCUT2D eigenvalue weighted by Crippen LogP contribution is -2.30. The number of ether oxygens (including phenoxy) is 2. The minimum atomic E-state index is 0.727. The van der Waals surface area contributed by atoms with E-state index in [0.29, 0.717) is 0 Å². The van der Waals surface area contributed by atoms with Crippen LogP contribution < -0.4 is 9.47 Å². The Bertz CT molecular complexity index is 1060. The molecule has 0 aromatic heterocycles. The molecule has 2 aromatic rings. The Morgan fingerprint density at radius 2 is 1.32 bits per heavy atom. The van der Waals surface area contributed by atoms with E-state index < -0.39 is 0 Å². The van der Waals surface area contributed by atoms with E-state index in [9.17, 15) is 0 Å². The van der Waals surface area contributed by atoms with Gasteiger partial charge in [-0.3, -0.25) is 0 Å². The highest BCUT2D eigenvalue weighted by molar-refractivity contribution is 6.35. The number of hydrogen-bond acceptors (Lipinski definition) is 2. The summed E-state index contributed by atoms with van der Waals surface area (Å²) in [7, 11) is 1.75. The van der Waals surface area contributed by atoms with Crippen molar-refractivity contribution in [2.75, 3.05) is 20.3 Å². The highest BCUT2D eigenvalue weighted by Gasteiger charge is 2.30. The van der Waals surface area contributed by atoms with E-state index in [-0.39, 0.29) is 0 Å². The third kappa shape index (κ3) is 10.8. The second-order valence-electron chi connectivity index (χ2n) is 11.6. The van der Waals surface area contributed by atoms with Gasteiger partial charge in [0.05, 0.1) is 29.3 Å². The molecule has 3 rings (SSSR count). The minimum absolute atomic E-state index is 0.727. The standard InChI is InChI=1S/C36H54Cl2NO2/c1-4-6-8-10-12-13-14-15-17-22-34-29-23-24-35(40-3)36(41-27-18-16-11-9-7-5-2)30(29)25-26-39(34)28-31-32(37)20-19-21-33(31)38/h19-21,23-24H,4-18,22,25-28H2,1-3H3/q+1. The molecule has 0 radical (unpaired) electrons. The molecule has 5 heteroatoms. The van der Waals surface area contributed by atoms with Crippen molar-refractivity contribution < 1.29 is 14.0 Å². The van der Waals surface area contributed by atoms with Gasteiger partial charge in [-0.05, 0) is 37.1 Å². The smallest absolute Gasteiger partial charge is 0.184 e. The normalized spacial score (nSPS) is 13.0. The monoisotopic (exact) mass is 602 g/mol. The van der Waals surface area contributed by atoms with Gasteiger partial charge in [0.25, 0.3) is 0 Å². The average molecular weight is 604 g/mol. The number of unbranched alkanes of at least 4 members (excludes halogenated alkanes) is 13. The SMILES string of the molecule is CCCCCCCCCCCC1=[N+](Cc2c(Cl)cccc2Cl)CCc2c1ccc(OC)c2OCCCCCCCC. The van der Waals surface area contributed by atoms with Crippen LogP contribution in [0.4, 0.5) is 0 Å². The van der Waals surface area contributed by atoms with Crippen molar-refractivity contribution >= 4 is 28.9 Å². The van der Waals surface area contributed by atoms with Crippen molar-refractivity contribution in [3.63, 3.8) is 0 Å². The van der Waals surface area contributed by atoms with E-state index in [1.165, 1.54) is 107 Å². The molecule has 1 heterocycles. The zero-order chi connectivity index (χ0) is 29.3. The van der Waals surface area contributed by atoms with Crippen LogP contribution in [0.25, 0.3) is 0 Å². The second kappa shape index (κ2) is 19.5. The fourth-order valence-corrected chi connectivity index (χ4v) is 6.51. The molecule has 3 nitrogen and oxygen atoms in total. The highest BCUT2D eigenvalue weighted by Crippen LogP contribution is 2.37. The van der Waals surface area contributed by atoms with E-state index in [2.05, 4.69) is 30.6 Å². The first-order valence-electron chi connectivity index (χ1n) is 16.5. The number of benzene rings is 2. The number of hydrogen-bond donors (Lipinski definition) is 0. The summed E-state index contributed by atoms with van der Waals surface area (Å²) in [5, 5.41) is 1.48. The summed E-state index contributed by atoms with van der Waals surface area (Å²) in [5.41, 5.74) is 5.00. The van der Waals surface area contributed by atoms with Crippen LogP contribution in [0.5, 0.6) is 11.5 Å². The molecule has 0 bridgehead atoms. The highest BCUT2D eigenvalue weighted by atomic mass is 35.5. The van der Waals surface area contributed by atoms with Gasteiger partial charge in [-0.25, -0.2) is 4.58 Å². The van der Waals surface area contributed by atoms with Crippen molar-refractivity contribution in [2.24, 2.45) is 0 Å². The molecular weight excluding hydrogens is 549 g/mol. The number of rotatable bonds is 21. The Balaban J connectivity index is 1.76. The Morgan fingerprint density at radius 1 is 0.732 bits per heavy atom. The first-order chi connectivity index (χ1) is 20.1. The molecule has 0 fully saturated rings. The van der Waals surface area contributed by atoms with Gasteiger partial charge >= 0.3 is 0 Å². The maximum Gasteiger partial charge on any atom is 0.184 e. The summed E-state index contributed by atoms with van der Waals surface area (Å²) in [6.07, 6.45) is 21.4. The zero-order valence-corrected chi connectivity index (χ0v) is 27.6. The molecule has 0 aliphatic carbocycles. The van der Waals surface area contributed by atoms with E-state index in [1.54, 1.807) is 7.11 Å². The van der Waals surface area contributed by atoms with Crippen LogP contribution in [-0.2, 0) is 13.0 Å². The molecule has 2 aromatic carbocycles. The predicted molar refractivity (Wildman–Crippen MR) is 177 cm³/mol. The Kier molecular flexibility index (Phi) is 16.0. The lowest BCUT2D eigenvalue weighted by Gasteiger charge is -2.23. The van der Waals surface area contributed by atoms with Crippen LogP contribution in [0.2, 0.25) is 10.0 Å². The number of halogens is 2. The number of methoxy groups -OCH3 is 1. The van der Waals surface area contributed by atoms with E-state index >= 15 is 0 Å². The van der Waals surface area contributed by atoms with Crippen LogP contribution in [0.15, 0.2) is 30.3 Å². The first kappa shape index (κ1) is 33.8. The third-order valence-corrected chi connectivity index (χ3v) is 9.15. The molecule has 0 unspecified atom stereocenters. The molecule has 1 aliphatic heterocycles. The molecular formula is C36H54Cl2NO2+. The summed E-state index contributed by atoms with van der Waals surface area (Å²) in [6, 6.07) is 10.2. The summed E-state index contributed by atoms with van der Waals surface area (Å²) in [5.74, 6) is 1.79. The third-order valence-electron chi connectivity index (χ3n) is 8.44. The van der Waals surface area contributed by atoms with Crippen molar-refractivity contribution in [3.8, 4) is 11.5 Å². The van der Waals surface area contributed by atoms with Crippen LogP contribution in [0.3, 0.4) is 0 Å². The van der Waals surface area contributed by atoms with Crippen LogP contribution in [-0.4, -0.2) is 30.5 Å². The Labute approximate surface area is 260 Å². The Morgan fingerprint density at radius 3 is 1.93 bits per heavy atom. The van der Waals surface area contributed by atoms with Gasteiger partial charge in [0.15, 0.2) is 23.8 Å². The lowest BCUT2D eigenvalue weighted by atomic mass is 9.91. The minimum Gasteiger partial charge on any atom is -0.493 e. The molecule has 0 amide bonds. The van der Waals surface area contributed by atoms with Gasteiger partial charge in [0.1, 0.15) is 6.54 Å².